The molecular formula is C27H20BrN3O3. The molecule has 1 N–H and O–H groups in total. The zero-order valence-corrected chi connectivity index (χ0v) is 19.9. The van der Waals surface area contributed by atoms with Crippen molar-refractivity contribution in [1.29, 1.82) is 5.26 Å². The summed E-state index contributed by atoms with van der Waals surface area (Å²) < 4.78 is 7.67. The molecule has 0 unspecified atom stereocenters. The van der Waals surface area contributed by atoms with E-state index in [4.69, 9.17) is 4.74 Å². The first-order chi connectivity index (χ1) is 16.5. The van der Waals surface area contributed by atoms with E-state index in [1.807, 2.05) is 59.3 Å². The van der Waals surface area contributed by atoms with Crippen molar-refractivity contribution >= 4 is 50.5 Å². The van der Waals surface area contributed by atoms with E-state index in [-0.39, 0.29) is 5.57 Å². The van der Waals surface area contributed by atoms with Gasteiger partial charge in [-0.25, -0.2) is 4.79 Å². The minimum absolute atomic E-state index is 0.00410. The molecule has 6 nitrogen and oxygen atoms in total. The van der Waals surface area contributed by atoms with Crippen LogP contribution < -0.4 is 5.32 Å². The molecule has 4 rings (SSSR count). The third-order valence-corrected chi connectivity index (χ3v) is 5.76. The number of hydrogen-bond acceptors (Lipinski definition) is 4. The maximum atomic E-state index is 12.8. The number of carbonyl (C=O) groups excluding carboxylic acids is 2. The van der Waals surface area contributed by atoms with Crippen molar-refractivity contribution in [2.24, 2.45) is 0 Å². The number of rotatable bonds is 6. The summed E-state index contributed by atoms with van der Waals surface area (Å²) in [6, 6.07) is 24.2. The number of nitrogens with one attached hydrogen (secondary N) is 1. The summed E-state index contributed by atoms with van der Waals surface area (Å²) in [6.07, 6.45) is 3.50. The number of aromatic nitrogens is 1. The molecule has 0 aliphatic heterocycles. The number of ether oxygens (including phenoxy) is 1. The number of halogens is 1. The van der Waals surface area contributed by atoms with Gasteiger partial charge in [0, 0.05) is 39.4 Å². The van der Waals surface area contributed by atoms with Gasteiger partial charge in [-0.15, -0.1) is 0 Å². The average Bonchev–Trinajstić information content (AvgIpc) is 3.19. The van der Waals surface area contributed by atoms with Crippen LogP contribution in [0.15, 0.2) is 89.0 Å². The van der Waals surface area contributed by atoms with Gasteiger partial charge in [-0.05, 0) is 48.0 Å². The second-order valence-corrected chi connectivity index (χ2v) is 8.47. The fraction of sp³-hybridized carbons (Fsp3) is 0.0741. The number of nitrogens with zero attached hydrogens (tertiary/aromatic N) is 2. The van der Waals surface area contributed by atoms with Gasteiger partial charge in [0.2, 0.25) is 0 Å². The van der Waals surface area contributed by atoms with Crippen LogP contribution >= 0.6 is 15.9 Å². The summed E-state index contributed by atoms with van der Waals surface area (Å²) in [5.41, 5.74) is 3.69. The van der Waals surface area contributed by atoms with Crippen molar-refractivity contribution in [2.75, 3.05) is 12.4 Å². The van der Waals surface area contributed by atoms with Crippen LogP contribution in [0, 0.1) is 11.3 Å². The molecule has 0 spiro atoms. The molecule has 0 fully saturated rings. The molecule has 1 heterocycles. The largest absolute Gasteiger partial charge is 0.465 e. The first-order valence-corrected chi connectivity index (χ1v) is 11.2. The number of esters is 1. The topological polar surface area (TPSA) is 84.1 Å². The number of amides is 1. The number of fused-ring (bicyclic) bond motifs is 1. The Labute approximate surface area is 205 Å². The first-order valence-electron chi connectivity index (χ1n) is 10.4. The maximum absolute atomic E-state index is 12.8. The van der Waals surface area contributed by atoms with Crippen LogP contribution in [0.5, 0.6) is 0 Å². The molecule has 0 saturated heterocycles. The first kappa shape index (κ1) is 23.0. The van der Waals surface area contributed by atoms with Crippen LogP contribution in [0.25, 0.3) is 17.0 Å². The standard InChI is InChI=1S/C27H20BrN3O3/c1-34-27(33)19-7-4-6-18(12-19)16-31-17-21(24-10-2-3-11-25(24)31)13-20(15-29)26(32)30-23-9-5-8-22(28)14-23/h2-14,17H,16H2,1H3,(H,30,32)/b20-13-. The monoisotopic (exact) mass is 513 g/mol. The Morgan fingerprint density at radius 2 is 1.88 bits per heavy atom. The van der Waals surface area contributed by atoms with Crippen LogP contribution in [-0.4, -0.2) is 23.6 Å². The molecule has 0 bridgehead atoms. The van der Waals surface area contributed by atoms with E-state index >= 15 is 0 Å². The highest BCUT2D eigenvalue weighted by molar-refractivity contribution is 9.10. The predicted octanol–water partition coefficient (Wildman–Crippen LogP) is 5.78. The lowest BCUT2D eigenvalue weighted by Gasteiger charge is -2.07. The van der Waals surface area contributed by atoms with Gasteiger partial charge in [-0.1, -0.05) is 52.3 Å². The summed E-state index contributed by atoms with van der Waals surface area (Å²) in [5, 5.41) is 13.3. The molecule has 0 radical (unpaired) electrons. The van der Waals surface area contributed by atoms with E-state index in [0.717, 1.165) is 26.5 Å². The third-order valence-electron chi connectivity index (χ3n) is 5.27. The van der Waals surface area contributed by atoms with Gasteiger partial charge in [0.25, 0.3) is 5.91 Å². The molecular weight excluding hydrogens is 494 g/mol. The SMILES string of the molecule is COC(=O)c1cccc(Cn2cc(/C=C(/C#N)C(=O)Nc3cccc(Br)c3)c3ccccc32)c1. The van der Waals surface area contributed by atoms with Crippen LogP contribution in [0.2, 0.25) is 0 Å². The Bertz CT molecular complexity index is 1460. The van der Waals surface area contributed by atoms with Gasteiger partial charge in [0.15, 0.2) is 0 Å². The predicted molar refractivity (Wildman–Crippen MR) is 135 cm³/mol. The van der Waals surface area contributed by atoms with E-state index < -0.39 is 11.9 Å². The van der Waals surface area contributed by atoms with Gasteiger partial charge >= 0.3 is 5.97 Å². The Kier molecular flexibility index (Phi) is 6.90. The van der Waals surface area contributed by atoms with Gasteiger partial charge in [-0.3, -0.25) is 4.79 Å². The molecule has 3 aromatic carbocycles. The number of nitriles is 1. The molecule has 168 valence electrons. The highest BCUT2D eigenvalue weighted by Gasteiger charge is 2.14. The fourth-order valence-electron chi connectivity index (χ4n) is 3.70. The third kappa shape index (κ3) is 5.08. The second-order valence-electron chi connectivity index (χ2n) is 7.56. The maximum Gasteiger partial charge on any atom is 0.337 e. The van der Waals surface area contributed by atoms with Gasteiger partial charge in [-0.2, -0.15) is 5.26 Å². The van der Waals surface area contributed by atoms with E-state index in [0.29, 0.717) is 17.8 Å². The molecule has 1 aromatic heterocycles. The Hall–Kier alpha value is -4.15. The van der Waals surface area contributed by atoms with Crippen molar-refractivity contribution < 1.29 is 14.3 Å². The van der Waals surface area contributed by atoms with Gasteiger partial charge < -0.3 is 14.6 Å². The molecule has 7 heteroatoms. The lowest BCUT2D eigenvalue weighted by atomic mass is 10.1. The van der Waals surface area contributed by atoms with Crippen molar-refractivity contribution in [3.8, 4) is 6.07 Å². The average molecular weight is 514 g/mol. The number of para-hydroxylation sites is 1. The number of methoxy groups -OCH3 is 1. The van der Waals surface area contributed by atoms with E-state index in [9.17, 15) is 14.9 Å². The van der Waals surface area contributed by atoms with Crippen molar-refractivity contribution in [3.05, 3.63) is 106 Å². The summed E-state index contributed by atoms with van der Waals surface area (Å²) in [6.45, 7) is 0.505. The minimum Gasteiger partial charge on any atom is -0.465 e. The number of carbonyl (C=O) groups is 2. The molecule has 4 aromatic rings. The van der Waals surface area contributed by atoms with Crippen LogP contribution in [0.4, 0.5) is 5.69 Å². The van der Waals surface area contributed by atoms with Crippen molar-refractivity contribution in [3.63, 3.8) is 0 Å². The molecule has 34 heavy (non-hydrogen) atoms. The van der Waals surface area contributed by atoms with E-state index in [2.05, 4.69) is 21.2 Å². The van der Waals surface area contributed by atoms with E-state index in [1.54, 1.807) is 36.4 Å². The lowest BCUT2D eigenvalue weighted by Crippen LogP contribution is -2.13. The molecule has 1 amide bonds. The lowest BCUT2D eigenvalue weighted by molar-refractivity contribution is -0.112. The normalized spacial score (nSPS) is 11.1. The summed E-state index contributed by atoms with van der Waals surface area (Å²) in [4.78, 5) is 24.6. The quantitative estimate of drug-likeness (QED) is 0.201. The highest BCUT2D eigenvalue weighted by Crippen LogP contribution is 2.25. The highest BCUT2D eigenvalue weighted by atomic mass is 79.9. The summed E-state index contributed by atoms with van der Waals surface area (Å²) in [5.74, 6) is -0.874. The van der Waals surface area contributed by atoms with Gasteiger partial charge in [0.1, 0.15) is 11.6 Å². The summed E-state index contributed by atoms with van der Waals surface area (Å²) >= 11 is 3.37. The van der Waals surface area contributed by atoms with Crippen molar-refractivity contribution in [1.82, 2.24) is 4.57 Å². The van der Waals surface area contributed by atoms with E-state index in [1.165, 1.54) is 7.11 Å². The molecule has 0 atom stereocenters. The zero-order valence-electron chi connectivity index (χ0n) is 18.3. The molecule has 0 aliphatic rings. The molecule has 0 saturated carbocycles. The Morgan fingerprint density at radius 1 is 1.09 bits per heavy atom. The number of hydrogen-bond donors (Lipinski definition) is 1. The fourth-order valence-corrected chi connectivity index (χ4v) is 4.10. The Morgan fingerprint density at radius 3 is 2.65 bits per heavy atom. The summed E-state index contributed by atoms with van der Waals surface area (Å²) in [7, 11) is 1.35. The number of benzene rings is 3. The smallest absolute Gasteiger partial charge is 0.337 e. The van der Waals surface area contributed by atoms with Crippen molar-refractivity contribution in [2.45, 2.75) is 6.54 Å². The van der Waals surface area contributed by atoms with Crippen LogP contribution in [0.1, 0.15) is 21.5 Å². The van der Waals surface area contributed by atoms with Crippen LogP contribution in [0.3, 0.4) is 0 Å². The zero-order chi connectivity index (χ0) is 24.1. The minimum atomic E-state index is -0.483. The van der Waals surface area contributed by atoms with Crippen LogP contribution in [-0.2, 0) is 16.1 Å². The second kappa shape index (κ2) is 10.2. The molecule has 0 aliphatic carbocycles. The Balaban J connectivity index is 1.67. The number of anilines is 1. The van der Waals surface area contributed by atoms with Gasteiger partial charge in [0.05, 0.1) is 12.7 Å².